The van der Waals surface area contributed by atoms with Gasteiger partial charge in [0.25, 0.3) is 11.8 Å². The molecule has 7 nitrogen and oxygen atoms in total. The monoisotopic (exact) mass is 363 g/mol. The van der Waals surface area contributed by atoms with Crippen LogP contribution in [0.2, 0.25) is 0 Å². The summed E-state index contributed by atoms with van der Waals surface area (Å²) in [6.07, 6.45) is 5.56. The summed E-state index contributed by atoms with van der Waals surface area (Å²) in [4.78, 5) is 33.1. The van der Waals surface area contributed by atoms with Crippen LogP contribution in [0.4, 0.5) is 0 Å². The average Bonchev–Trinajstić information content (AvgIpc) is 3.16. The molecular formula is C20H17N3O4. The van der Waals surface area contributed by atoms with Gasteiger partial charge in [0, 0.05) is 17.2 Å². The number of hydrazone groups is 1. The zero-order chi connectivity index (χ0) is 19.1. The van der Waals surface area contributed by atoms with E-state index in [9.17, 15) is 14.5 Å². The third-order valence-corrected chi connectivity index (χ3v) is 3.95. The molecule has 1 heterocycles. The van der Waals surface area contributed by atoms with Gasteiger partial charge >= 0.3 is 0 Å². The van der Waals surface area contributed by atoms with Crippen molar-refractivity contribution >= 4 is 24.1 Å². The number of hydrogen-bond donors (Lipinski definition) is 1. The Morgan fingerprint density at radius 2 is 2.04 bits per heavy atom. The predicted molar refractivity (Wildman–Crippen MR) is 102 cm³/mol. The Morgan fingerprint density at radius 3 is 2.89 bits per heavy atom. The van der Waals surface area contributed by atoms with Crippen LogP contribution in [0.1, 0.15) is 33.5 Å². The predicted octanol–water partition coefficient (Wildman–Crippen LogP) is 3.08. The second-order valence-electron chi connectivity index (χ2n) is 5.88. The van der Waals surface area contributed by atoms with E-state index in [1.807, 2.05) is 18.2 Å². The molecule has 3 rings (SSSR count). The van der Waals surface area contributed by atoms with Crippen LogP contribution in [0.3, 0.4) is 0 Å². The molecule has 0 saturated carbocycles. The first-order chi connectivity index (χ1) is 13.2. The summed E-state index contributed by atoms with van der Waals surface area (Å²) >= 11 is 0. The van der Waals surface area contributed by atoms with Crippen molar-refractivity contribution in [2.75, 3.05) is 6.61 Å². The van der Waals surface area contributed by atoms with E-state index >= 15 is 0 Å². The van der Waals surface area contributed by atoms with E-state index in [2.05, 4.69) is 15.7 Å². The van der Waals surface area contributed by atoms with Gasteiger partial charge in [0.15, 0.2) is 0 Å². The Bertz CT molecular complexity index is 935. The maximum absolute atomic E-state index is 12.2. The van der Waals surface area contributed by atoms with Crippen LogP contribution in [-0.4, -0.2) is 24.6 Å². The van der Waals surface area contributed by atoms with E-state index in [-0.39, 0.29) is 12.3 Å². The fraction of sp³-hybridized carbons (Fsp3) is 0.150. The number of carbonyl (C=O) groups excluding carboxylic acids is 2. The summed E-state index contributed by atoms with van der Waals surface area (Å²) in [6, 6.07) is 12.6. The lowest BCUT2D eigenvalue weighted by Gasteiger charge is -2.02. The molecule has 0 saturated heterocycles. The number of benzene rings is 2. The normalized spacial score (nSPS) is 12.7. The third kappa shape index (κ3) is 4.94. The van der Waals surface area contributed by atoms with Crippen molar-refractivity contribution in [1.82, 2.24) is 5.43 Å². The molecule has 0 spiro atoms. The van der Waals surface area contributed by atoms with E-state index in [1.165, 1.54) is 11.6 Å². The Labute approximate surface area is 155 Å². The molecule has 1 N–H and O–H groups in total. The SMILES string of the molecule is O=NC(=O)C/C=C\c1cccc(C(=O)N/N=C\c2ccc3c(c2)OCC3)c1. The molecule has 2 aromatic carbocycles. The first-order valence-corrected chi connectivity index (χ1v) is 8.37. The molecule has 136 valence electrons. The van der Waals surface area contributed by atoms with Crippen molar-refractivity contribution < 1.29 is 14.3 Å². The average molecular weight is 363 g/mol. The van der Waals surface area contributed by atoms with Crippen molar-refractivity contribution in [3.63, 3.8) is 0 Å². The molecule has 2 aromatic rings. The van der Waals surface area contributed by atoms with Crippen LogP contribution in [0.5, 0.6) is 5.75 Å². The summed E-state index contributed by atoms with van der Waals surface area (Å²) in [6.45, 7) is 0.692. The molecule has 0 aliphatic carbocycles. The van der Waals surface area contributed by atoms with Gasteiger partial charge in [-0.3, -0.25) is 9.59 Å². The standard InChI is InChI=1S/C20H17N3O4/c24-19(23-26)6-2-4-14-3-1-5-17(11-14)20(25)22-21-13-15-7-8-16-9-10-27-18(16)12-15/h1-5,7-8,11-13H,6,9-10H2,(H,22,25)/b4-2-,21-13-. The Balaban J connectivity index is 1.60. The highest BCUT2D eigenvalue weighted by atomic mass is 16.5. The van der Waals surface area contributed by atoms with Gasteiger partial charge in [-0.25, -0.2) is 5.43 Å². The van der Waals surface area contributed by atoms with Crippen molar-refractivity contribution in [2.24, 2.45) is 10.3 Å². The molecule has 0 bridgehead atoms. The molecule has 0 radical (unpaired) electrons. The lowest BCUT2D eigenvalue weighted by molar-refractivity contribution is -0.117. The van der Waals surface area contributed by atoms with E-state index in [0.717, 1.165) is 23.3 Å². The van der Waals surface area contributed by atoms with E-state index < -0.39 is 5.91 Å². The van der Waals surface area contributed by atoms with Gasteiger partial charge in [-0.15, -0.1) is 4.91 Å². The lowest BCUT2D eigenvalue weighted by atomic mass is 10.1. The van der Waals surface area contributed by atoms with Crippen LogP contribution >= 0.6 is 0 Å². The number of amides is 2. The number of nitrogens with zero attached hydrogens (tertiary/aromatic N) is 2. The maximum Gasteiger partial charge on any atom is 0.290 e. The van der Waals surface area contributed by atoms with Gasteiger partial charge in [0.05, 0.1) is 19.2 Å². The first-order valence-electron chi connectivity index (χ1n) is 8.37. The molecule has 7 heteroatoms. The molecule has 2 amide bonds. The van der Waals surface area contributed by atoms with Gasteiger partial charge in [-0.2, -0.15) is 5.10 Å². The van der Waals surface area contributed by atoms with Gasteiger partial charge in [0.1, 0.15) is 5.75 Å². The summed E-state index contributed by atoms with van der Waals surface area (Å²) in [5.41, 5.74) is 5.63. The number of rotatable bonds is 6. The van der Waals surface area contributed by atoms with Crippen molar-refractivity contribution in [2.45, 2.75) is 12.8 Å². The van der Waals surface area contributed by atoms with Gasteiger partial charge < -0.3 is 4.74 Å². The highest BCUT2D eigenvalue weighted by molar-refractivity contribution is 5.95. The number of carbonyl (C=O) groups is 2. The van der Waals surface area contributed by atoms with Crippen LogP contribution in [0, 0.1) is 4.91 Å². The molecule has 0 aromatic heterocycles. The fourth-order valence-electron chi connectivity index (χ4n) is 2.61. The van der Waals surface area contributed by atoms with Crippen molar-refractivity contribution in [3.8, 4) is 5.75 Å². The summed E-state index contributed by atoms with van der Waals surface area (Å²) in [5.74, 6) is -0.246. The Hall–Kier alpha value is -3.61. The van der Waals surface area contributed by atoms with Crippen LogP contribution < -0.4 is 10.2 Å². The second kappa shape index (κ2) is 8.66. The zero-order valence-corrected chi connectivity index (χ0v) is 14.4. The number of nitroso groups, excluding NO2 is 1. The van der Waals surface area contributed by atoms with E-state index in [4.69, 9.17) is 4.74 Å². The molecule has 0 atom stereocenters. The molecule has 0 unspecified atom stereocenters. The minimum atomic E-state index is -0.744. The van der Waals surface area contributed by atoms with E-state index in [1.54, 1.807) is 36.6 Å². The van der Waals surface area contributed by atoms with Crippen molar-refractivity contribution in [3.05, 3.63) is 75.7 Å². The number of hydrogen-bond acceptors (Lipinski definition) is 5. The smallest absolute Gasteiger partial charge is 0.290 e. The quantitative estimate of drug-likeness (QED) is 0.484. The minimum absolute atomic E-state index is 0.0747. The Morgan fingerprint density at radius 1 is 1.15 bits per heavy atom. The minimum Gasteiger partial charge on any atom is -0.493 e. The fourth-order valence-corrected chi connectivity index (χ4v) is 2.61. The van der Waals surface area contributed by atoms with Crippen LogP contribution in [0.15, 0.2) is 58.8 Å². The Kier molecular flexibility index (Phi) is 5.84. The van der Waals surface area contributed by atoms with Crippen molar-refractivity contribution in [1.29, 1.82) is 0 Å². The molecule has 0 fully saturated rings. The molecule has 1 aliphatic heterocycles. The van der Waals surface area contributed by atoms with Crippen LogP contribution in [0.25, 0.3) is 6.08 Å². The molecule has 27 heavy (non-hydrogen) atoms. The highest BCUT2D eigenvalue weighted by Crippen LogP contribution is 2.25. The topological polar surface area (TPSA) is 97.2 Å². The first kappa shape index (κ1) is 18.2. The summed E-state index contributed by atoms with van der Waals surface area (Å²) in [5, 5.41) is 6.29. The van der Waals surface area contributed by atoms with Gasteiger partial charge in [0.2, 0.25) is 0 Å². The number of fused-ring (bicyclic) bond motifs is 1. The van der Waals surface area contributed by atoms with Gasteiger partial charge in [-0.1, -0.05) is 36.4 Å². The molecule has 1 aliphatic rings. The largest absolute Gasteiger partial charge is 0.493 e. The van der Waals surface area contributed by atoms with E-state index in [0.29, 0.717) is 12.2 Å². The zero-order valence-electron chi connectivity index (χ0n) is 14.4. The third-order valence-electron chi connectivity index (χ3n) is 3.95. The van der Waals surface area contributed by atoms with Gasteiger partial charge in [-0.05, 0) is 34.9 Å². The van der Waals surface area contributed by atoms with Crippen LogP contribution in [-0.2, 0) is 11.2 Å². The summed E-state index contributed by atoms with van der Waals surface area (Å²) < 4.78 is 5.50. The summed E-state index contributed by atoms with van der Waals surface area (Å²) in [7, 11) is 0. The molecular weight excluding hydrogens is 346 g/mol. The maximum atomic E-state index is 12.2. The second-order valence-corrected chi connectivity index (χ2v) is 5.88. The number of ether oxygens (including phenoxy) is 1. The number of nitrogens with one attached hydrogen (secondary N) is 1. The highest BCUT2D eigenvalue weighted by Gasteiger charge is 2.11. The lowest BCUT2D eigenvalue weighted by Crippen LogP contribution is -2.17.